The summed E-state index contributed by atoms with van der Waals surface area (Å²) in [5, 5.41) is 2.43. The van der Waals surface area contributed by atoms with Gasteiger partial charge in [-0.3, -0.25) is 9.59 Å². The molecule has 3 amide bonds. The Labute approximate surface area is 178 Å². The molecule has 0 unspecified atom stereocenters. The lowest BCUT2D eigenvalue weighted by molar-refractivity contribution is -0.143. The molecule has 1 heterocycles. The van der Waals surface area contributed by atoms with Gasteiger partial charge in [0, 0.05) is 0 Å². The van der Waals surface area contributed by atoms with E-state index in [4.69, 9.17) is 9.47 Å². The fraction of sp³-hybridized carbons (Fsp3) is 0.227. The smallest absolute Gasteiger partial charge is 0.329 e. The molecule has 0 aliphatic carbocycles. The second kappa shape index (κ2) is 9.75. The minimum absolute atomic E-state index is 0.0183. The summed E-state index contributed by atoms with van der Waals surface area (Å²) in [6.07, 6.45) is 1.47. The zero-order chi connectivity index (χ0) is 22.4. The lowest BCUT2D eigenvalue weighted by Crippen LogP contribution is -2.36. The third-order valence-corrected chi connectivity index (χ3v) is 4.34. The molecule has 0 bridgehead atoms. The van der Waals surface area contributed by atoms with Gasteiger partial charge in [0.1, 0.15) is 24.7 Å². The molecule has 0 aromatic heterocycles. The van der Waals surface area contributed by atoms with Gasteiger partial charge >= 0.3 is 12.0 Å². The van der Waals surface area contributed by atoms with Crippen LogP contribution in [0.3, 0.4) is 0 Å². The van der Waals surface area contributed by atoms with Gasteiger partial charge in [-0.25, -0.2) is 14.1 Å². The number of amides is 3. The van der Waals surface area contributed by atoms with E-state index in [2.05, 4.69) is 10.1 Å². The van der Waals surface area contributed by atoms with Gasteiger partial charge in [0.25, 0.3) is 5.91 Å². The van der Waals surface area contributed by atoms with Crippen LogP contribution in [0.5, 0.6) is 11.5 Å². The number of hydrogen-bond acceptors (Lipinski definition) is 6. The van der Waals surface area contributed by atoms with Crippen LogP contribution in [0, 0.1) is 5.82 Å². The Kier molecular flexibility index (Phi) is 6.86. The van der Waals surface area contributed by atoms with Crippen molar-refractivity contribution < 1.29 is 33.0 Å². The van der Waals surface area contributed by atoms with Crippen molar-refractivity contribution >= 4 is 24.0 Å². The number of nitrogens with one attached hydrogen (secondary N) is 1. The summed E-state index contributed by atoms with van der Waals surface area (Å²) in [6.45, 7) is 1.86. The summed E-state index contributed by atoms with van der Waals surface area (Å²) in [5.41, 5.74) is 1.26. The minimum Gasteiger partial charge on any atom is -0.490 e. The van der Waals surface area contributed by atoms with Crippen LogP contribution in [0.2, 0.25) is 0 Å². The quantitative estimate of drug-likeness (QED) is 0.395. The van der Waals surface area contributed by atoms with Gasteiger partial charge in [-0.1, -0.05) is 18.2 Å². The van der Waals surface area contributed by atoms with Crippen molar-refractivity contribution in [2.45, 2.75) is 13.5 Å². The molecule has 2 aromatic carbocycles. The highest BCUT2D eigenvalue weighted by Crippen LogP contribution is 2.30. The molecular weight excluding hydrogens is 407 g/mol. The lowest BCUT2D eigenvalue weighted by atomic mass is 10.1. The molecule has 1 fully saturated rings. The first kappa shape index (κ1) is 21.8. The number of hydrogen-bond donors (Lipinski definition) is 1. The molecule has 162 valence electrons. The van der Waals surface area contributed by atoms with E-state index in [9.17, 15) is 18.8 Å². The maximum Gasteiger partial charge on any atom is 0.329 e. The Hall–Kier alpha value is -3.88. The fourth-order valence-electron chi connectivity index (χ4n) is 2.87. The zero-order valence-electron chi connectivity index (χ0n) is 17.0. The highest BCUT2D eigenvalue weighted by atomic mass is 19.1. The predicted octanol–water partition coefficient (Wildman–Crippen LogP) is 2.87. The van der Waals surface area contributed by atoms with Gasteiger partial charge in [0.05, 0.1) is 13.7 Å². The van der Waals surface area contributed by atoms with E-state index in [1.807, 2.05) is 6.92 Å². The molecule has 1 aliphatic heterocycles. The molecule has 0 spiro atoms. The Morgan fingerprint density at radius 2 is 1.94 bits per heavy atom. The molecule has 9 heteroatoms. The van der Waals surface area contributed by atoms with Crippen LogP contribution in [0.15, 0.2) is 48.2 Å². The van der Waals surface area contributed by atoms with Crippen LogP contribution in [-0.4, -0.2) is 43.1 Å². The van der Waals surface area contributed by atoms with E-state index >= 15 is 0 Å². The zero-order valence-corrected chi connectivity index (χ0v) is 17.0. The van der Waals surface area contributed by atoms with Crippen LogP contribution in [0.25, 0.3) is 6.08 Å². The van der Waals surface area contributed by atoms with Crippen molar-refractivity contribution in [2.24, 2.45) is 0 Å². The van der Waals surface area contributed by atoms with Crippen LogP contribution in [-0.2, 0) is 20.9 Å². The Morgan fingerprint density at radius 3 is 2.65 bits per heavy atom. The summed E-state index contributed by atoms with van der Waals surface area (Å²) in [6, 6.07) is 10.4. The van der Waals surface area contributed by atoms with E-state index in [1.165, 1.54) is 25.3 Å². The minimum atomic E-state index is -0.707. The number of halogens is 1. The van der Waals surface area contributed by atoms with Crippen molar-refractivity contribution in [2.75, 3.05) is 20.3 Å². The van der Waals surface area contributed by atoms with Gasteiger partial charge in [-0.2, -0.15) is 0 Å². The average Bonchev–Trinajstić information content (AvgIpc) is 3.00. The average molecular weight is 428 g/mol. The lowest BCUT2D eigenvalue weighted by Gasteiger charge is -2.13. The number of benzene rings is 2. The van der Waals surface area contributed by atoms with E-state index in [0.717, 1.165) is 4.90 Å². The molecule has 1 N–H and O–H groups in total. The molecule has 0 atom stereocenters. The van der Waals surface area contributed by atoms with Crippen LogP contribution < -0.4 is 14.8 Å². The molecule has 0 saturated carbocycles. The number of ether oxygens (including phenoxy) is 3. The van der Waals surface area contributed by atoms with Crippen molar-refractivity contribution in [3.63, 3.8) is 0 Å². The molecule has 0 radical (unpaired) electrons. The number of carbonyl (C=O) groups excluding carboxylic acids is 3. The topological polar surface area (TPSA) is 94.2 Å². The number of esters is 1. The highest BCUT2D eigenvalue weighted by Gasteiger charge is 2.35. The van der Waals surface area contributed by atoms with E-state index < -0.39 is 24.5 Å². The third kappa shape index (κ3) is 5.39. The molecule has 3 rings (SSSR count). The Balaban J connectivity index is 1.78. The third-order valence-electron chi connectivity index (χ3n) is 4.34. The van der Waals surface area contributed by atoms with Crippen LogP contribution in [0.4, 0.5) is 9.18 Å². The molecular formula is C22H21FN2O6. The highest BCUT2D eigenvalue weighted by molar-refractivity contribution is 6.15. The Morgan fingerprint density at radius 1 is 1.13 bits per heavy atom. The summed E-state index contributed by atoms with van der Waals surface area (Å²) in [7, 11) is 1.17. The van der Waals surface area contributed by atoms with Gasteiger partial charge < -0.3 is 19.5 Å². The number of imide groups is 1. The molecule has 8 nitrogen and oxygen atoms in total. The second-order valence-electron chi connectivity index (χ2n) is 6.51. The molecule has 2 aromatic rings. The SMILES string of the molecule is CCOc1cc(/C=C2/NC(=O)N(CC(=O)OC)C2=O)ccc1OCc1cccc(F)c1. The number of urea groups is 1. The largest absolute Gasteiger partial charge is 0.490 e. The number of methoxy groups -OCH3 is 1. The number of carbonyl (C=O) groups is 3. The molecule has 1 aliphatic rings. The van der Waals surface area contributed by atoms with E-state index in [0.29, 0.717) is 29.2 Å². The van der Waals surface area contributed by atoms with Gasteiger partial charge in [-0.05, 0) is 48.4 Å². The maximum absolute atomic E-state index is 13.3. The second-order valence-corrected chi connectivity index (χ2v) is 6.51. The van der Waals surface area contributed by atoms with Crippen LogP contribution >= 0.6 is 0 Å². The standard InChI is InChI=1S/C22H21FN2O6/c1-3-30-19-11-14(7-8-18(19)31-13-15-5-4-6-16(23)9-15)10-17-21(27)25(22(28)24-17)12-20(26)29-2/h4-11H,3,12-13H2,1-2H3,(H,24,28)/b17-10+. The van der Waals surface area contributed by atoms with E-state index in [1.54, 1.807) is 30.3 Å². The monoisotopic (exact) mass is 428 g/mol. The summed E-state index contributed by atoms with van der Waals surface area (Å²) >= 11 is 0. The normalized spacial score (nSPS) is 14.5. The van der Waals surface area contributed by atoms with Gasteiger partial charge in [-0.15, -0.1) is 0 Å². The molecule has 31 heavy (non-hydrogen) atoms. The predicted molar refractivity (Wildman–Crippen MR) is 109 cm³/mol. The van der Waals surface area contributed by atoms with Gasteiger partial charge in [0.15, 0.2) is 11.5 Å². The van der Waals surface area contributed by atoms with E-state index in [-0.39, 0.29) is 18.1 Å². The van der Waals surface area contributed by atoms with Crippen molar-refractivity contribution in [1.29, 1.82) is 0 Å². The molecule has 1 saturated heterocycles. The van der Waals surface area contributed by atoms with Crippen LogP contribution in [0.1, 0.15) is 18.1 Å². The number of nitrogens with zero attached hydrogens (tertiary/aromatic N) is 1. The summed E-state index contributed by atoms with van der Waals surface area (Å²) in [5.74, 6) is -0.820. The summed E-state index contributed by atoms with van der Waals surface area (Å²) < 4.78 is 29.2. The first-order valence-corrected chi connectivity index (χ1v) is 9.46. The number of rotatable bonds is 8. The summed E-state index contributed by atoms with van der Waals surface area (Å²) in [4.78, 5) is 36.5. The van der Waals surface area contributed by atoms with Crippen molar-refractivity contribution in [1.82, 2.24) is 10.2 Å². The maximum atomic E-state index is 13.3. The van der Waals surface area contributed by atoms with Crippen molar-refractivity contribution in [3.05, 3.63) is 65.1 Å². The first-order valence-electron chi connectivity index (χ1n) is 9.46. The first-order chi connectivity index (χ1) is 14.9. The fourth-order valence-corrected chi connectivity index (χ4v) is 2.87. The van der Waals surface area contributed by atoms with Crippen molar-refractivity contribution in [3.8, 4) is 11.5 Å². The Bertz CT molecular complexity index is 1040. The van der Waals surface area contributed by atoms with Gasteiger partial charge in [0.2, 0.25) is 0 Å².